The molecule has 0 aliphatic heterocycles. The van der Waals surface area contributed by atoms with Gasteiger partial charge in [0, 0.05) is 30.0 Å². The molecule has 7 heteroatoms. The second-order valence-corrected chi connectivity index (χ2v) is 6.40. The van der Waals surface area contributed by atoms with Crippen molar-refractivity contribution < 1.29 is 14.3 Å². The van der Waals surface area contributed by atoms with Crippen LogP contribution in [0.1, 0.15) is 15.9 Å². The van der Waals surface area contributed by atoms with Gasteiger partial charge in [-0.3, -0.25) is 9.78 Å². The first-order valence-corrected chi connectivity index (χ1v) is 8.93. The summed E-state index contributed by atoms with van der Waals surface area (Å²) in [6.07, 6.45) is 3.18. The van der Waals surface area contributed by atoms with E-state index < -0.39 is 0 Å². The Bertz CT molecular complexity index is 961. The molecule has 28 heavy (non-hydrogen) atoms. The van der Waals surface area contributed by atoms with Crippen LogP contribution in [0.4, 0.5) is 11.4 Å². The predicted octanol–water partition coefficient (Wildman–Crippen LogP) is 4.62. The number of methoxy groups -OCH3 is 2. The molecule has 0 saturated heterocycles. The van der Waals surface area contributed by atoms with Crippen LogP contribution in [0.3, 0.4) is 0 Å². The van der Waals surface area contributed by atoms with E-state index >= 15 is 0 Å². The average molecular weight is 398 g/mol. The van der Waals surface area contributed by atoms with Crippen molar-refractivity contribution >= 4 is 28.9 Å². The Hall–Kier alpha value is -3.25. The van der Waals surface area contributed by atoms with Crippen LogP contribution >= 0.6 is 11.6 Å². The van der Waals surface area contributed by atoms with Gasteiger partial charge in [0.1, 0.15) is 11.5 Å². The van der Waals surface area contributed by atoms with Crippen molar-refractivity contribution in [3.05, 3.63) is 77.1 Å². The molecular formula is C21H20ClN3O3. The van der Waals surface area contributed by atoms with Gasteiger partial charge in [-0.05, 0) is 35.9 Å². The van der Waals surface area contributed by atoms with Gasteiger partial charge in [0.25, 0.3) is 5.91 Å². The number of nitrogens with zero attached hydrogens (tertiary/aromatic N) is 1. The zero-order valence-corrected chi connectivity index (χ0v) is 16.3. The summed E-state index contributed by atoms with van der Waals surface area (Å²) >= 11 is 5.90. The molecular weight excluding hydrogens is 378 g/mol. The molecule has 2 N–H and O–H groups in total. The number of carbonyl (C=O) groups excluding carboxylic acids is 1. The van der Waals surface area contributed by atoms with E-state index in [0.29, 0.717) is 34.3 Å². The third-order valence-corrected chi connectivity index (χ3v) is 4.32. The van der Waals surface area contributed by atoms with Gasteiger partial charge < -0.3 is 20.1 Å². The lowest BCUT2D eigenvalue weighted by Crippen LogP contribution is -2.13. The number of amides is 1. The Labute approximate surface area is 168 Å². The highest BCUT2D eigenvalue weighted by molar-refractivity contribution is 6.30. The van der Waals surface area contributed by atoms with Crippen molar-refractivity contribution in [1.82, 2.24) is 4.98 Å². The van der Waals surface area contributed by atoms with E-state index in [9.17, 15) is 4.79 Å². The van der Waals surface area contributed by atoms with E-state index in [1.807, 2.05) is 24.3 Å². The van der Waals surface area contributed by atoms with Gasteiger partial charge in [-0.2, -0.15) is 0 Å². The molecule has 6 nitrogen and oxygen atoms in total. The molecule has 144 valence electrons. The first kappa shape index (κ1) is 19.5. The van der Waals surface area contributed by atoms with Crippen LogP contribution in [-0.4, -0.2) is 25.1 Å². The van der Waals surface area contributed by atoms with Gasteiger partial charge in [-0.15, -0.1) is 0 Å². The molecule has 3 rings (SSSR count). The Morgan fingerprint density at radius 1 is 1.04 bits per heavy atom. The number of hydrogen-bond donors (Lipinski definition) is 2. The van der Waals surface area contributed by atoms with Crippen molar-refractivity contribution in [3.8, 4) is 11.5 Å². The fraction of sp³-hybridized carbons (Fsp3) is 0.143. The Balaban J connectivity index is 1.69. The van der Waals surface area contributed by atoms with Crippen molar-refractivity contribution in [2.24, 2.45) is 0 Å². The molecule has 2 aromatic carbocycles. The highest BCUT2D eigenvalue weighted by Gasteiger charge is 2.12. The molecule has 0 bridgehead atoms. The number of nitrogens with one attached hydrogen (secondary N) is 2. The summed E-state index contributed by atoms with van der Waals surface area (Å²) in [5, 5.41) is 6.78. The summed E-state index contributed by atoms with van der Waals surface area (Å²) < 4.78 is 10.5. The minimum absolute atomic E-state index is 0.286. The lowest BCUT2D eigenvalue weighted by molar-refractivity contribution is 0.102. The Morgan fingerprint density at radius 3 is 2.54 bits per heavy atom. The topological polar surface area (TPSA) is 72.5 Å². The first-order chi connectivity index (χ1) is 13.6. The van der Waals surface area contributed by atoms with Crippen molar-refractivity contribution in [2.45, 2.75) is 6.54 Å². The second-order valence-electron chi connectivity index (χ2n) is 5.96. The molecule has 1 aromatic heterocycles. The summed E-state index contributed by atoms with van der Waals surface area (Å²) in [7, 11) is 3.11. The van der Waals surface area contributed by atoms with Gasteiger partial charge in [0.2, 0.25) is 0 Å². The highest BCUT2D eigenvalue weighted by Crippen LogP contribution is 2.29. The first-order valence-electron chi connectivity index (χ1n) is 8.56. The monoisotopic (exact) mass is 397 g/mol. The van der Waals surface area contributed by atoms with E-state index in [-0.39, 0.29) is 5.91 Å². The second kappa shape index (κ2) is 9.10. The Morgan fingerprint density at radius 2 is 1.82 bits per heavy atom. The number of anilines is 2. The van der Waals surface area contributed by atoms with Crippen LogP contribution in [0, 0.1) is 0 Å². The summed E-state index contributed by atoms with van der Waals surface area (Å²) in [6.45, 7) is 0.593. The summed E-state index contributed by atoms with van der Waals surface area (Å²) in [5.74, 6) is 0.869. The molecule has 1 amide bonds. The van der Waals surface area contributed by atoms with Gasteiger partial charge in [-0.25, -0.2) is 0 Å². The van der Waals surface area contributed by atoms with E-state index in [1.165, 1.54) is 13.3 Å². The number of pyridine rings is 1. The van der Waals surface area contributed by atoms with Gasteiger partial charge in [0.05, 0.1) is 31.2 Å². The van der Waals surface area contributed by atoms with Crippen LogP contribution in [-0.2, 0) is 6.54 Å². The van der Waals surface area contributed by atoms with Crippen LogP contribution in [0.2, 0.25) is 5.02 Å². The van der Waals surface area contributed by atoms with E-state index in [2.05, 4.69) is 15.6 Å². The maximum absolute atomic E-state index is 12.6. The summed E-state index contributed by atoms with van der Waals surface area (Å²) in [5.41, 5.74) is 2.79. The highest BCUT2D eigenvalue weighted by atomic mass is 35.5. The molecule has 0 saturated carbocycles. The molecule has 0 fully saturated rings. The minimum atomic E-state index is -0.286. The SMILES string of the molecule is COc1ccc(NC(=O)c2cncc(NCc3ccc(Cl)cc3)c2)c(OC)c1. The van der Waals surface area contributed by atoms with Crippen molar-refractivity contribution in [1.29, 1.82) is 0 Å². The smallest absolute Gasteiger partial charge is 0.257 e. The molecule has 0 unspecified atom stereocenters. The minimum Gasteiger partial charge on any atom is -0.497 e. The molecule has 0 aliphatic rings. The normalized spacial score (nSPS) is 10.2. The molecule has 0 atom stereocenters. The van der Waals surface area contributed by atoms with Gasteiger partial charge in [0.15, 0.2) is 0 Å². The van der Waals surface area contributed by atoms with E-state index in [4.69, 9.17) is 21.1 Å². The van der Waals surface area contributed by atoms with Crippen LogP contribution in [0.5, 0.6) is 11.5 Å². The summed E-state index contributed by atoms with van der Waals surface area (Å²) in [4.78, 5) is 16.8. The van der Waals surface area contributed by atoms with Crippen molar-refractivity contribution in [2.75, 3.05) is 24.9 Å². The number of halogens is 1. The third kappa shape index (κ3) is 4.92. The molecule has 0 spiro atoms. The number of benzene rings is 2. The van der Waals surface area contributed by atoms with Crippen LogP contribution in [0.25, 0.3) is 0 Å². The zero-order chi connectivity index (χ0) is 19.9. The van der Waals surface area contributed by atoms with Crippen LogP contribution < -0.4 is 20.1 Å². The number of rotatable bonds is 7. The lowest BCUT2D eigenvalue weighted by Gasteiger charge is -2.12. The maximum atomic E-state index is 12.6. The van der Waals surface area contributed by atoms with Gasteiger partial charge in [-0.1, -0.05) is 23.7 Å². The third-order valence-electron chi connectivity index (χ3n) is 4.07. The number of ether oxygens (including phenoxy) is 2. The zero-order valence-electron chi connectivity index (χ0n) is 15.5. The Kier molecular flexibility index (Phi) is 6.34. The fourth-order valence-electron chi connectivity index (χ4n) is 2.56. The quantitative estimate of drug-likeness (QED) is 0.608. The van der Waals surface area contributed by atoms with E-state index in [1.54, 1.807) is 37.6 Å². The standard InChI is InChI=1S/C21H20ClN3O3/c1-27-18-7-8-19(20(10-18)28-2)25-21(26)15-9-17(13-23-12-15)24-11-14-3-5-16(22)6-4-14/h3-10,12-13,24H,11H2,1-2H3,(H,25,26). The molecule has 0 radical (unpaired) electrons. The molecule has 1 heterocycles. The number of aromatic nitrogens is 1. The fourth-order valence-corrected chi connectivity index (χ4v) is 2.69. The van der Waals surface area contributed by atoms with E-state index in [0.717, 1.165) is 11.3 Å². The predicted molar refractivity (Wildman–Crippen MR) is 111 cm³/mol. The largest absolute Gasteiger partial charge is 0.497 e. The lowest BCUT2D eigenvalue weighted by atomic mass is 10.2. The number of hydrogen-bond acceptors (Lipinski definition) is 5. The maximum Gasteiger partial charge on any atom is 0.257 e. The number of carbonyl (C=O) groups is 1. The van der Waals surface area contributed by atoms with Crippen LogP contribution in [0.15, 0.2) is 60.9 Å². The van der Waals surface area contributed by atoms with Crippen molar-refractivity contribution in [3.63, 3.8) is 0 Å². The van der Waals surface area contributed by atoms with Gasteiger partial charge >= 0.3 is 0 Å². The molecule has 0 aliphatic carbocycles. The molecule has 3 aromatic rings. The summed E-state index contributed by atoms with van der Waals surface area (Å²) in [6, 6.07) is 14.5. The average Bonchev–Trinajstić information content (AvgIpc) is 2.73.